The van der Waals surface area contributed by atoms with E-state index in [-0.39, 0.29) is 32.0 Å². The average Bonchev–Trinajstić information content (AvgIpc) is 2.86. The predicted octanol–water partition coefficient (Wildman–Crippen LogP) is 5.63. The van der Waals surface area contributed by atoms with Crippen LogP contribution < -0.4 is 0 Å². The summed E-state index contributed by atoms with van der Waals surface area (Å²) >= 11 is 0. The summed E-state index contributed by atoms with van der Waals surface area (Å²) in [6.45, 7) is 32.8. The van der Waals surface area contributed by atoms with E-state index < -0.39 is 66.9 Å². The molecule has 16 heteroatoms. The maximum absolute atomic E-state index is 12.2. The Labute approximate surface area is 284 Å². The summed E-state index contributed by atoms with van der Waals surface area (Å²) in [5.41, 5.74) is 0.583. The lowest BCUT2D eigenvalue weighted by Gasteiger charge is -2.36. The third-order valence-corrected chi connectivity index (χ3v) is 20.6. The van der Waals surface area contributed by atoms with Crippen molar-refractivity contribution >= 4 is 54.7 Å². The zero-order valence-corrected chi connectivity index (χ0v) is 35.9. The lowest BCUT2D eigenvalue weighted by atomic mass is 10.3. The number of carbonyl (C=O) groups excluding carboxylic acids is 2. The molecule has 46 heavy (non-hydrogen) atoms. The molecule has 0 aliphatic carbocycles. The molecule has 3 atom stereocenters. The smallest absolute Gasteiger partial charge is 0.333 e. The number of hydrogen-bond acceptors (Lipinski definition) is 11. The Bertz CT molecular complexity index is 931. The first kappa shape index (κ1) is 45.2. The van der Waals surface area contributed by atoms with Gasteiger partial charge in [-0.3, -0.25) is 0 Å². The highest BCUT2D eigenvalue weighted by atomic mass is 28.4. The molecular formula is C30H64O11Si5. The van der Waals surface area contributed by atoms with Crippen LogP contribution in [0.25, 0.3) is 0 Å². The maximum Gasteiger partial charge on any atom is 0.333 e. The molecule has 0 amide bonds. The van der Waals surface area contributed by atoms with E-state index in [2.05, 4.69) is 72.1 Å². The molecule has 0 heterocycles. The van der Waals surface area contributed by atoms with Gasteiger partial charge in [-0.15, -0.1) is 0 Å². The van der Waals surface area contributed by atoms with Gasteiger partial charge >= 0.3 is 29.8 Å². The minimum absolute atomic E-state index is 0.0176. The van der Waals surface area contributed by atoms with Crippen LogP contribution in [0, 0.1) is 0 Å². The molecule has 0 spiro atoms. The van der Waals surface area contributed by atoms with Gasteiger partial charge in [-0.05, 0) is 104 Å². The number of ether oxygens (including phenoxy) is 4. The van der Waals surface area contributed by atoms with Gasteiger partial charge in [0.15, 0.2) is 25.0 Å². The van der Waals surface area contributed by atoms with Crippen LogP contribution in [0.5, 0.6) is 0 Å². The first-order chi connectivity index (χ1) is 20.9. The Balaban J connectivity index is 5.27. The summed E-state index contributed by atoms with van der Waals surface area (Å²) < 4.78 is 48.3. The predicted molar refractivity (Wildman–Crippen MR) is 195 cm³/mol. The van der Waals surface area contributed by atoms with Crippen molar-refractivity contribution in [2.45, 2.75) is 116 Å². The average molecular weight is 741 g/mol. The summed E-state index contributed by atoms with van der Waals surface area (Å²) in [7, 11) is -10.1. The Morgan fingerprint density at radius 2 is 1.17 bits per heavy atom. The Hall–Kier alpha value is -0.776. The summed E-state index contributed by atoms with van der Waals surface area (Å²) in [6.07, 6.45) is -0.0235. The van der Waals surface area contributed by atoms with Crippen LogP contribution in [0.2, 0.25) is 77.6 Å². The molecule has 0 radical (unpaired) electrons. The number of carbonyl (C=O) groups is 2. The van der Waals surface area contributed by atoms with Gasteiger partial charge < -0.3 is 40.8 Å². The molecule has 0 bridgehead atoms. The van der Waals surface area contributed by atoms with Crippen LogP contribution in [0.1, 0.15) is 26.7 Å². The van der Waals surface area contributed by atoms with Gasteiger partial charge in [-0.1, -0.05) is 13.2 Å². The molecule has 0 aliphatic rings. The fourth-order valence-electron chi connectivity index (χ4n) is 4.10. The Morgan fingerprint density at radius 1 is 0.696 bits per heavy atom. The van der Waals surface area contributed by atoms with E-state index in [0.717, 1.165) is 12.5 Å². The zero-order chi connectivity index (χ0) is 35.8. The SMILES string of the molecule is C=C(C)C(=O)OCC(O)COCCC[Si](C)(OC(COCCC[SiH](O[Si](C)(C)C)O[Si](C)(C)C)COC(=O)C(=C)C)O[Si](C)(C)C. The van der Waals surface area contributed by atoms with Gasteiger partial charge in [-0.25, -0.2) is 9.59 Å². The van der Waals surface area contributed by atoms with E-state index >= 15 is 0 Å². The molecular weight excluding hydrogens is 677 g/mol. The number of aliphatic hydroxyl groups excluding tert-OH is 1. The van der Waals surface area contributed by atoms with E-state index in [1.54, 1.807) is 13.8 Å². The second-order valence-electron chi connectivity index (χ2n) is 14.8. The molecule has 0 aromatic heterocycles. The van der Waals surface area contributed by atoms with Gasteiger partial charge in [0.25, 0.3) is 0 Å². The highest BCUT2D eigenvalue weighted by molar-refractivity contribution is 6.82. The minimum atomic E-state index is -2.78. The quantitative estimate of drug-likeness (QED) is 0.0513. The summed E-state index contributed by atoms with van der Waals surface area (Å²) in [5.74, 6) is -1.03. The van der Waals surface area contributed by atoms with Gasteiger partial charge in [0.1, 0.15) is 25.4 Å². The van der Waals surface area contributed by atoms with E-state index in [0.29, 0.717) is 31.3 Å². The molecule has 3 unspecified atom stereocenters. The third-order valence-electron chi connectivity index (χ3n) is 5.67. The largest absolute Gasteiger partial charge is 0.460 e. The number of aliphatic hydroxyl groups is 1. The van der Waals surface area contributed by atoms with Crippen LogP contribution in [-0.4, -0.2) is 112 Å². The molecule has 0 aromatic rings. The molecule has 0 rings (SSSR count). The van der Waals surface area contributed by atoms with E-state index in [9.17, 15) is 14.7 Å². The van der Waals surface area contributed by atoms with Crippen molar-refractivity contribution in [3.05, 3.63) is 24.3 Å². The lowest BCUT2D eigenvalue weighted by molar-refractivity contribution is -0.143. The number of rotatable bonds is 26. The van der Waals surface area contributed by atoms with Crippen LogP contribution in [0.4, 0.5) is 0 Å². The molecule has 11 nitrogen and oxygen atoms in total. The van der Waals surface area contributed by atoms with Gasteiger partial charge in [-0.2, -0.15) is 0 Å². The first-order valence-electron chi connectivity index (χ1n) is 16.1. The van der Waals surface area contributed by atoms with Gasteiger partial charge in [0, 0.05) is 24.4 Å². The minimum Gasteiger partial charge on any atom is -0.460 e. The molecule has 0 aliphatic heterocycles. The molecule has 1 N–H and O–H groups in total. The molecule has 270 valence electrons. The molecule has 0 saturated carbocycles. The Kier molecular flexibility index (Phi) is 21.0. The molecule has 0 aromatic carbocycles. The Morgan fingerprint density at radius 3 is 1.65 bits per heavy atom. The zero-order valence-electron chi connectivity index (χ0n) is 30.7. The monoisotopic (exact) mass is 740 g/mol. The second-order valence-corrected chi connectivity index (χ2v) is 34.6. The maximum atomic E-state index is 12.2. The molecule has 0 saturated heterocycles. The van der Waals surface area contributed by atoms with Crippen LogP contribution in [0.3, 0.4) is 0 Å². The van der Waals surface area contributed by atoms with Crippen molar-refractivity contribution in [3.8, 4) is 0 Å². The summed E-state index contributed by atoms with van der Waals surface area (Å²) in [4.78, 5) is 23.7. The van der Waals surface area contributed by atoms with Crippen molar-refractivity contribution in [2.75, 3.05) is 39.6 Å². The van der Waals surface area contributed by atoms with E-state index in [4.69, 9.17) is 35.7 Å². The van der Waals surface area contributed by atoms with Crippen molar-refractivity contribution in [1.29, 1.82) is 0 Å². The highest BCUT2D eigenvalue weighted by Gasteiger charge is 2.39. The third kappa shape index (κ3) is 25.3. The number of esters is 2. The lowest BCUT2D eigenvalue weighted by Crippen LogP contribution is -2.51. The summed E-state index contributed by atoms with van der Waals surface area (Å²) in [5, 5.41) is 10.1. The number of hydrogen-bond donors (Lipinski definition) is 1. The fraction of sp³-hybridized carbons (Fsp3) is 0.800. The first-order valence-corrected chi connectivity index (χ1v) is 30.6. The van der Waals surface area contributed by atoms with Crippen LogP contribution in [-0.2, 0) is 45.3 Å². The van der Waals surface area contributed by atoms with E-state index in [1.807, 2.05) is 6.55 Å². The van der Waals surface area contributed by atoms with Crippen molar-refractivity contribution < 1.29 is 50.4 Å². The topological polar surface area (TPSA) is 128 Å². The fourth-order valence-corrected chi connectivity index (χ4v) is 20.0. The van der Waals surface area contributed by atoms with Crippen molar-refractivity contribution in [3.63, 3.8) is 0 Å². The van der Waals surface area contributed by atoms with Crippen molar-refractivity contribution in [1.82, 2.24) is 0 Å². The summed E-state index contributed by atoms with van der Waals surface area (Å²) in [6, 6.07) is 1.49. The highest BCUT2D eigenvalue weighted by Crippen LogP contribution is 2.24. The standard InChI is InChI=1S/C30H64O11Si5/c1-25(2)29(32)36-22-27(31)21-34-18-16-20-46(14,41-45(11,12)13)38-28(24-37-30(33)26(3)4)23-35-17-15-19-42(39-43(5,6)7)40-44(8,9)10/h27-28,31,42H,1,3,15-24H2,2,4-14H3. The second kappa shape index (κ2) is 21.3. The van der Waals surface area contributed by atoms with Crippen molar-refractivity contribution in [2.24, 2.45) is 0 Å². The van der Waals surface area contributed by atoms with E-state index in [1.165, 1.54) is 0 Å². The van der Waals surface area contributed by atoms with Crippen LogP contribution in [0.15, 0.2) is 24.3 Å². The van der Waals surface area contributed by atoms with Gasteiger partial charge in [0.05, 0.1) is 13.2 Å². The van der Waals surface area contributed by atoms with Crippen LogP contribution >= 0.6 is 0 Å². The molecule has 0 fully saturated rings. The normalized spacial score (nSPS) is 15.3. The van der Waals surface area contributed by atoms with Gasteiger partial charge in [0.2, 0.25) is 0 Å².